The molecule has 0 spiro atoms. The van der Waals surface area contributed by atoms with E-state index in [4.69, 9.17) is 10.8 Å². The van der Waals surface area contributed by atoms with Crippen molar-refractivity contribution in [3.05, 3.63) is 0 Å². The van der Waals surface area contributed by atoms with Crippen LogP contribution in [0.25, 0.3) is 0 Å². The van der Waals surface area contributed by atoms with Gasteiger partial charge in [0.15, 0.2) is 0 Å². The number of carbonyl (C=O) groups excluding carboxylic acids is 2. The molecule has 1 fully saturated rings. The molecular formula is C12H22N4O4. The standard InChI is InChI=1S/C12H22N4O4/c1-14(2)9-3-5-15(6-4-9)12(20)16(7-10(13)17)8-11(18)19/h9H,3-8H2,1-2H3,(H2,13,17)(H,18,19). The van der Waals surface area contributed by atoms with Gasteiger partial charge in [0, 0.05) is 19.1 Å². The summed E-state index contributed by atoms with van der Waals surface area (Å²) >= 11 is 0. The van der Waals surface area contributed by atoms with Crippen LogP contribution in [0.1, 0.15) is 12.8 Å². The number of hydrogen-bond acceptors (Lipinski definition) is 4. The number of nitrogens with zero attached hydrogens (tertiary/aromatic N) is 3. The highest BCUT2D eigenvalue weighted by molar-refractivity contribution is 5.86. The van der Waals surface area contributed by atoms with Gasteiger partial charge < -0.3 is 25.5 Å². The van der Waals surface area contributed by atoms with Crippen LogP contribution in [0.4, 0.5) is 4.79 Å². The van der Waals surface area contributed by atoms with Gasteiger partial charge in [0.25, 0.3) is 0 Å². The van der Waals surface area contributed by atoms with Gasteiger partial charge in [-0.25, -0.2) is 4.79 Å². The molecule has 1 heterocycles. The van der Waals surface area contributed by atoms with Crippen LogP contribution in [0.2, 0.25) is 0 Å². The molecule has 0 atom stereocenters. The van der Waals surface area contributed by atoms with E-state index in [2.05, 4.69) is 4.90 Å². The zero-order valence-electron chi connectivity index (χ0n) is 11.9. The Kier molecular flexibility index (Phi) is 5.75. The van der Waals surface area contributed by atoms with Crippen molar-refractivity contribution in [2.75, 3.05) is 40.3 Å². The van der Waals surface area contributed by atoms with Gasteiger partial charge in [-0.15, -0.1) is 0 Å². The number of nitrogens with two attached hydrogens (primary N) is 1. The third-order valence-corrected chi connectivity index (χ3v) is 3.41. The summed E-state index contributed by atoms with van der Waals surface area (Å²) < 4.78 is 0. The summed E-state index contributed by atoms with van der Waals surface area (Å²) in [5.74, 6) is -1.88. The fourth-order valence-corrected chi connectivity index (χ4v) is 2.32. The van der Waals surface area contributed by atoms with Crippen molar-refractivity contribution >= 4 is 17.9 Å². The molecule has 1 saturated heterocycles. The van der Waals surface area contributed by atoms with Crippen molar-refractivity contribution in [3.8, 4) is 0 Å². The zero-order valence-corrected chi connectivity index (χ0v) is 11.9. The molecule has 0 unspecified atom stereocenters. The molecule has 20 heavy (non-hydrogen) atoms. The number of carboxylic acids is 1. The van der Waals surface area contributed by atoms with Crippen LogP contribution in [0.5, 0.6) is 0 Å². The number of carboxylic acid groups (broad SMARTS) is 1. The van der Waals surface area contributed by atoms with Crippen molar-refractivity contribution < 1.29 is 19.5 Å². The second-order valence-corrected chi connectivity index (χ2v) is 5.18. The molecule has 1 aliphatic heterocycles. The van der Waals surface area contributed by atoms with E-state index in [0.29, 0.717) is 19.1 Å². The van der Waals surface area contributed by atoms with E-state index < -0.39 is 24.5 Å². The number of piperidine rings is 1. The minimum Gasteiger partial charge on any atom is -0.480 e. The smallest absolute Gasteiger partial charge is 0.323 e. The topological polar surface area (TPSA) is 107 Å². The SMILES string of the molecule is CN(C)C1CCN(C(=O)N(CC(N)=O)CC(=O)O)CC1. The van der Waals surface area contributed by atoms with Crippen LogP contribution in [-0.4, -0.2) is 84.0 Å². The van der Waals surface area contributed by atoms with Gasteiger partial charge in [-0.1, -0.05) is 0 Å². The molecule has 0 aliphatic carbocycles. The van der Waals surface area contributed by atoms with Crippen molar-refractivity contribution in [2.24, 2.45) is 5.73 Å². The van der Waals surface area contributed by atoms with Crippen LogP contribution < -0.4 is 5.73 Å². The quantitative estimate of drug-likeness (QED) is 0.674. The molecule has 0 aromatic rings. The summed E-state index contributed by atoms with van der Waals surface area (Å²) in [5, 5.41) is 8.79. The van der Waals surface area contributed by atoms with Crippen LogP contribution >= 0.6 is 0 Å². The summed E-state index contributed by atoms with van der Waals surface area (Å²) in [5.41, 5.74) is 5.05. The van der Waals surface area contributed by atoms with Crippen molar-refractivity contribution in [1.29, 1.82) is 0 Å². The van der Waals surface area contributed by atoms with E-state index in [1.54, 1.807) is 4.90 Å². The maximum atomic E-state index is 12.2. The van der Waals surface area contributed by atoms with Crippen molar-refractivity contribution in [1.82, 2.24) is 14.7 Å². The fraction of sp³-hybridized carbons (Fsp3) is 0.750. The predicted octanol–water partition coefficient (Wildman–Crippen LogP) is -0.996. The molecule has 1 rings (SSSR count). The van der Waals surface area contributed by atoms with Gasteiger partial charge >= 0.3 is 12.0 Å². The molecule has 0 radical (unpaired) electrons. The minimum absolute atomic E-state index is 0.376. The van der Waals surface area contributed by atoms with Crippen LogP contribution in [0, 0.1) is 0 Å². The second kappa shape index (κ2) is 7.09. The van der Waals surface area contributed by atoms with E-state index in [-0.39, 0.29) is 6.54 Å². The lowest BCUT2D eigenvalue weighted by atomic mass is 10.0. The molecule has 3 N–H and O–H groups in total. The number of primary amides is 1. The largest absolute Gasteiger partial charge is 0.480 e. The number of likely N-dealkylation sites (tertiary alicyclic amines) is 1. The lowest BCUT2D eigenvalue weighted by Crippen LogP contribution is -2.52. The monoisotopic (exact) mass is 286 g/mol. The third-order valence-electron chi connectivity index (χ3n) is 3.41. The fourth-order valence-electron chi connectivity index (χ4n) is 2.32. The first kappa shape index (κ1) is 16.2. The average molecular weight is 286 g/mol. The summed E-state index contributed by atoms with van der Waals surface area (Å²) in [6.45, 7) is 0.210. The number of carbonyl (C=O) groups is 3. The number of hydrogen-bond donors (Lipinski definition) is 2. The molecule has 0 saturated carbocycles. The Morgan fingerprint density at radius 2 is 1.75 bits per heavy atom. The molecule has 1 aliphatic rings. The highest BCUT2D eigenvalue weighted by atomic mass is 16.4. The van der Waals surface area contributed by atoms with E-state index in [9.17, 15) is 14.4 Å². The summed E-state index contributed by atoms with van der Waals surface area (Å²) in [6.07, 6.45) is 1.66. The Morgan fingerprint density at radius 3 is 2.15 bits per heavy atom. The molecule has 0 bridgehead atoms. The van der Waals surface area contributed by atoms with Gasteiger partial charge in [-0.2, -0.15) is 0 Å². The minimum atomic E-state index is -1.16. The van der Waals surface area contributed by atoms with E-state index in [1.165, 1.54) is 0 Å². The number of urea groups is 1. The zero-order chi connectivity index (χ0) is 15.3. The second-order valence-electron chi connectivity index (χ2n) is 5.18. The van der Waals surface area contributed by atoms with Gasteiger partial charge in [-0.3, -0.25) is 9.59 Å². The van der Waals surface area contributed by atoms with Gasteiger partial charge in [-0.05, 0) is 26.9 Å². The number of amides is 3. The van der Waals surface area contributed by atoms with Crippen molar-refractivity contribution in [2.45, 2.75) is 18.9 Å². The Morgan fingerprint density at radius 1 is 1.20 bits per heavy atom. The summed E-state index contributed by atoms with van der Waals surface area (Å²) in [7, 11) is 3.98. The normalized spacial score (nSPS) is 16.2. The molecule has 114 valence electrons. The Hall–Kier alpha value is -1.83. The molecule has 0 aromatic heterocycles. The highest BCUT2D eigenvalue weighted by Gasteiger charge is 2.28. The van der Waals surface area contributed by atoms with E-state index >= 15 is 0 Å². The summed E-state index contributed by atoms with van der Waals surface area (Å²) in [6, 6.07) is -0.0217. The summed E-state index contributed by atoms with van der Waals surface area (Å²) in [4.78, 5) is 38.6. The maximum Gasteiger partial charge on any atom is 0.323 e. The predicted molar refractivity (Wildman–Crippen MR) is 72.1 cm³/mol. The average Bonchev–Trinajstić information content (AvgIpc) is 2.36. The molecule has 0 aromatic carbocycles. The lowest BCUT2D eigenvalue weighted by Gasteiger charge is -2.37. The lowest BCUT2D eigenvalue weighted by molar-refractivity contribution is -0.138. The number of aliphatic carboxylic acids is 1. The highest BCUT2D eigenvalue weighted by Crippen LogP contribution is 2.15. The maximum absolute atomic E-state index is 12.2. The first-order valence-corrected chi connectivity index (χ1v) is 6.51. The van der Waals surface area contributed by atoms with E-state index in [1.807, 2.05) is 14.1 Å². The van der Waals surface area contributed by atoms with E-state index in [0.717, 1.165) is 17.7 Å². The third kappa shape index (κ3) is 4.69. The Labute approximate surface area is 118 Å². The molecule has 8 heteroatoms. The first-order chi connectivity index (χ1) is 9.31. The van der Waals surface area contributed by atoms with Gasteiger partial charge in [0.05, 0.1) is 0 Å². The molecular weight excluding hydrogens is 264 g/mol. The first-order valence-electron chi connectivity index (χ1n) is 6.51. The van der Waals surface area contributed by atoms with Crippen molar-refractivity contribution in [3.63, 3.8) is 0 Å². The Balaban J connectivity index is 2.61. The molecule has 3 amide bonds. The van der Waals surface area contributed by atoms with Gasteiger partial charge in [0.2, 0.25) is 5.91 Å². The van der Waals surface area contributed by atoms with Crippen LogP contribution in [0.15, 0.2) is 0 Å². The molecule has 8 nitrogen and oxygen atoms in total. The van der Waals surface area contributed by atoms with Crippen LogP contribution in [-0.2, 0) is 9.59 Å². The number of rotatable bonds is 5. The van der Waals surface area contributed by atoms with Gasteiger partial charge in [0.1, 0.15) is 13.1 Å². The van der Waals surface area contributed by atoms with Crippen LogP contribution in [0.3, 0.4) is 0 Å². The Bertz CT molecular complexity index is 362.